The SMILES string of the molecule is Cc1c(Cl)cccc1NC(=O)CN1CCN(c2ccc(Cl)cc2)CC1. The van der Waals surface area contributed by atoms with E-state index < -0.39 is 0 Å². The summed E-state index contributed by atoms with van der Waals surface area (Å²) < 4.78 is 0. The maximum atomic E-state index is 12.3. The molecule has 1 aliphatic heterocycles. The first-order chi connectivity index (χ1) is 12.0. The van der Waals surface area contributed by atoms with Crippen molar-refractivity contribution in [1.29, 1.82) is 0 Å². The van der Waals surface area contributed by atoms with Crippen LogP contribution in [-0.4, -0.2) is 43.5 Å². The largest absolute Gasteiger partial charge is 0.369 e. The van der Waals surface area contributed by atoms with E-state index in [0.717, 1.165) is 42.5 Å². The van der Waals surface area contributed by atoms with E-state index in [2.05, 4.69) is 15.1 Å². The topological polar surface area (TPSA) is 35.6 Å². The molecule has 0 atom stereocenters. The van der Waals surface area contributed by atoms with E-state index in [0.29, 0.717) is 11.6 Å². The highest BCUT2D eigenvalue weighted by Gasteiger charge is 2.19. The molecule has 0 aromatic heterocycles. The van der Waals surface area contributed by atoms with Crippen molar-refractivity contribution in [1.82, 2.24) is 4.90 Å². The Balaban J connectivity index is 1.51. The molecular formula is C19H21Cl2N3O. The van der Waals surface area contributed by atoms with Crippen LogP contribution in [0.15, 0.2) is 42.5 Å². The van der Waals surface area contributed by atoms with Crippen LogP contribution in [0.4, 0.5) is 11.4 Å². The number of benzene rings is 2. The van der Waals surface area contributed by atoms with E-state index in [9.17, 15) is 4.79 Å². The Morgan fingerprint density at radius 2 is 1.72 bits per heavy atom. The van der Waals surface area contributed by atoms with E-state index in [4.69, 9.17) is 23.2 Å². The highest BCUT2D eigenvalue weighted by molar-refractivity contribution is 6.31. The molecule has 1 aliphatic rings. The first-order valence-electron chi connectivity index (χ1n) is 8.31. The lowest BCUT2D eigenvalue weighted by molar-refractivity contribution is -0.117. The second kappa shape index (κ2) is 8.09. The summed E-state index contributed by atoms with van der Waals surface area (Å²) in [5.74, 6) is -0.00897. The number of carbonyl (C=O) groups is 1. The van der Waals surface area contributed by atoms with Crippen LogP contribution >= 0.6 is 23.2 Å². The van der Waals surface area contributed by atoms with Gasteiger partial charge in [0, 0.05) is 47.6 Å². The summed E-state index contributed by atoms with van der Waals surface area (Å²) in [6.45, 7) is 5.79. The monoisotopic (exact) mass is 377 g/mol. The van der Waals surface area contributed by atoms with Crippen molar-refractivity contribution in [3.8, 4) is 0 Å². The van der Waals surface area contributed by atoms with Gasteiger partial charge in [0.05, 0.1) is 6.54 Å². The van der Waals surface area contributed by atoms with Gasteiger partial charge >= 0.3 is 0 Å². The minimum Gasteiger partial charge on any atom is -0.369 e. The van der Waals surface area contributed by atoms with Crippen molar-refractivity contribution in [2.45, 2.75) is 6.92 Å². The van der Waals surface area contributed by atoms with Gasteiger partial charge in [-0.25, -0.2) is 0 Å². The molecule has 2 aromatic carbocycles. The fourth-order valence-electron chi connectivity index (χ4n) is 2.95. The molecule has 0 spiro atoms. The summed E-state index contributed by atoms with van der Waals surface area (Å²) in [4.78, 5) is 16.8. The van der Waals surface area contributed by atoms with Crippen LogP contribution in [0.25, 0.3) is 0 Å². The number of hydrogen-bond donors (Lipinski definition) is 1. The summed E-state index contributed by atoms with van der Waals surface area (Å²) in [5.41, 5.74) is 2.84. The van der Waals surface area contributed by atoms with Crippen LogP contribution in [0.1, 0.15) is 5.56 Å². The highest BCUT2D eigenvalue weighted by Crippen LogP contribution is 2.23. The predicted octanol–water partition coefficient (Wildman–Crippen LogP) is 4.06. The fraction of sp³-hybridized carbons (Fsp3) is 0.316. The van der Waals surface area contributed by atoms with Crippen molar-refractivity contribution in [3.05, 3.63) is 58.1 Å². The Morgan fingerprint density at radius 1 is 1.04 bits per heavy atom. The molecular weight excluding hydrogens is 357 g/mol. The van der Waals surface area contributed by atoms with Gasteiger partial charge in [0.25, 0.3) is 0 Å². The predicted molar refractivity (Wildman–Crippen MR) is 105 cm³/mol. The van der Waals surface area contributed by atoms with E-state index in [1.54, 1.807) is 0 Å². The molecule has 4 nitrogen and oxygen atoms in total. The first kappa shape index (κ1) is 18.1. The van der Waals surface area contributed by atoms with E-state index in [1.807, 2.05) is 49.4 Å². The molecule has 132 valence electrons. The minimum atomic E-state index is -0.00897. The quantitative estimate of drug-likeness (QED) is 0.872. The van der Waals surface area contributed by atoms with Crippen molar-refractivity contribution >= 4 is 40.5 Å². The molecule has 0 saturated carbocycles. The van der Waals surface area contributed by atoms with Gasteiger partial charge in [0.2, 0.25) is 5.91 Å². The Labute approximate surface area is 158 Å². The van der Waals surface area contributed by atoms with Crippen molar-refractivity contribution in [2.24, 2.45) is 0 Å². The van der Waals surface area contributed by atoms with E-state index in [-0.39, 0.29) is 5.91 Å². The molecule has 1 heterocycles. The molecule has 1 saturated heterocycles. The molecule has 3 rings (SSSR count). The molecule has 2 aromatic rings. The van der Waals surface area contributed by atoms with Crippen molar-refractivity contribution < 1.29 is 4.79 Å². The lowest BCUT2D eigenvalue weighted by atomic mass is 10.2. The number of carbonyl (C=O) groups excluding carboxylic acids is 1. The van der Waals surface area contributed by atoms with E-state index in [1.165, 1.54) is 5.69 Å². The number of amides is 1. The lowest BCUT2D eigenvalue weighted by Gasteiger charge is -2.35. The highest BCUT2D eigenvalue weighted by atomic mass is 35.5. The normalized spacial score (nSPS) is 15.2. The molecule has 25 heavy (non-hydrogen) atoms. The van der Waals surface area contributed by atoms with Crippen molar-refractivity contribution in [3.63, 3.8) is 0 Å². The summed E-state index contributed by atoms with van der Waals surface area (Å²) in [5, 5.41) is 4.36. The van der Waals surface area contributed by atoms with Gasteiger partial charge in [-0.1, -0.05) is 29.3 Å². The third-order valence-corrected chi connectivity index (χ3v) is 5.13. The van der Waals surface area contributed by atoms with Crippen LogP contribution < -0.4 is 10.2 Å². The van der Waals surface area contributed by atoms with Crippen LogP contribution in [0, 0.1) is 6.92 Å². The van der Waals surface area contributed by atoms with Crippen LogP contribution in [-0.2, 0) is 4.79 Å². The number of nitrogens with one attached hydrogen (secondary N) is 1. The number of halogens is 2. The Bertz CT molecular complexity index is 741. The summed E-state index contributed by atoms with van der Waals surface area (Å²) in [6.07, 6.45) is 0. The maximum absolute atomic E-state index is 12.3. The molecule has 0 bridgehead atoms. The smallest absolute Gasteiger partial charge is 0.238 e. The standard InChI is InChI=1S/C19H21Cl2N3O/c1-14-17(21)3-2-4-18(14)22-19(25)13-23-9-11-24(12-10-23)16-7-5-15(20)6-8-16/h2-8H,9-13H2,1H3,(H,22,25). The Morgan fingerprint density at radius 3 is 2.40 bits per heavy atom. The molecule has 1 N–H and O–H groups in total. The molecule has 0 unspecified atom stereocenters. The summed E-state index contributed by atoms with van der Waals surface area (Å²) in [7, 11) is 0. The van der Waals surface area contributed by atoms with Gasteiger partial charge in [0.1, 0.15) is 0 Å². The van der Waals surface area contributed by atoms with Crippen LogP contribution in [0.5, 0.6) is 0 Å². The van der Waals surface area contributed by atoms with Gasteiger partial charge in [-0.2, -0.15) is 0 Å². The average Bonchev–Trinajstić information content (AvgIpc) is 2.60. The van der Waals surface area contributed by atoms with Gasteiger partial charge < -0.3 is 10.2 Å². The molecule has 1 fully saturated rings. The second-order valence-electron chi connectivity index (χ2n) is 6.20. The van der Waals surface area contributed by atoms with E-state index >= 15 is 0 Å². The number of nitrogens with zero attached hydrogens (tertiary/aromatic N) is 2. The van der Waals surface area contributed by atoms with Crippen LogP contribution in [0.2, 0.25) is 10.0 Å². The lowest BCUT2D eigenvalue weighted by Crippen LogP contribution is -2.48. The second-order valence-corrected chi connectivity index (χ2v) is 7.04. The minimum absolute atomic E-state index is 0.00897. The zero-order chi connectivity index (χ0) is 17.8. The third-order valence-electron chi connectivity index (χ3n) is 4.47. The number of rotatable bonds is 4. The number of piperazine rings is 1. The van der Waals surface area contributed by atoms with Gasteiger partial charge in [0.15, 0.2) is 0 Å². The Hall–Kier alpha value is -1.75. The zero-order valence-electron chi connectivity index (χ0n) is 14.1. The molecule has 6 heteroatoms. The van der Waals surface area contributed by atoms with Crippen LogP contribution in [0.3, 0.4) is 0 Å². The summed E-state index contributed by atoms with van der Waals surface area (Å²) >= 11 is 12.0. The molecule has 0 aliphatic carbocycles. The average molecular weight is 378 g/mol. The first-order valence-corrected chi connectivity index (χ1v) is 9.06. The Kier molecular flexibility index (Phi) is 5.84. The third kappa shape index (κ3) is 4.66. The van der Waals surface area contributed by atoms with Crippen molar-refractivity contribution in [2.75, 3.05) is 42.9 Å². The van der Waals surface area contributed by atoms with Gasteiger partial charge in [-0.05, 0) is 48.9 Å². The number of hydrogen-bond acceptors (Lipinski definition) is 3. The fourth-order valence-corrected chi connectivity index (χ4v) is 3.25. The number of anilines is 2. The molecule has 1 amide bonds. The summed E-state index contributed by atoms with van der Waals surface area (Å²) in [6, 6.07) is 13.4. The van der Waals surface area contributed by atoms with Gasteiger partial charge in [-0.15, -0.1) is 0 Å². The van der Waals surface area contributed by atoms with Gasteiger partial charge in [-0.3, -0.25) is 9.69 Å². The maximum Gasteiger partial charge on any atom is 0.238 e. The molecule has 0 radical (unpaired) electrons. The zero-order valence-corrected chi connectivity index (χ0v) is 15.6.